The molecular formula is C15H20N2. The lowest BCUT2D eigenvalue weighted by atomic mass is 10.0. The smallest absolute Gasteiger partial charge is 0.0491 e. The fourth-order valence-corrected chi connectivity index (χ4v) is 2.68. The van der Waals surface area contributed by atoms with Gasteiger partial charge in [0.15, 0.2) is 0 Å². The number of hydrogen-bond donors (Lipinski definition) is 2. The predicted octanol–water partition coefficient (Wildman–Crippen LogP) is 3.28. The fourth-order valence-electron chi connectivity index (χ4n) is 2.68. The van der Waals surface area contributed by atoms with Crippen LogP contribution in [0.15, 0.2) is 24.3 Å². The van der Waals surface area contributed by atoms with Crippen molar-refractivity contribution in [3.05, 3.63) is 35.5 Å². The van der Waals surface area contributed by atoms with Crippen LogP contribution in [-0.2, 0) is 5.41 Å². The average Bonchev–Trinajstić information content (AvgIpc) is 3.00. The van der Waals surface area contributed by atoms with Crippen LogP contribution in [0.5, 0.6) is 0 Å². The SMILES string of the molecule is CC(C)c1cccc2cc(C3(CN)CC3)[nH]c12. The lowest BCUT2D eigenvalue weighted by Gasteiger charge is -2.09. The molecule has 1 heterocycles. The van der Waals surface area contributed by atoms with Gasteiger partial charge in [0.2, 0.25) is 0 Å². The predicted molar refractivity (Wildman–Crippen MR) is 72.4 cm³/mol. The molecule has 0 saturated heterocycles. The van der Waals surface area contributed by atoms with Gasteiger partial charge in [-0.2, -0.15) is 0 Å². The molecule has 0 bridgehead atoms. The highest BCUT2D eigenvalue weighted by atomic mass is 14.8. The van der Waals surface area contributed by atoms with E-state index in [4.69, 9.17) is 5.73 Å². The van der Waals surface area contributed by atoms with Gasteiger partial charge in [-0.25, -0.2) is 0 Å². The summed E-state index contributed by atoms with van der Waals surface area (Å²) >= 11 is 0. The summed E-state index contributed by atoms with van der Waals surface area (Å²) in [4.78, 5) is 3.62. The normalized spacial score (nSPS) is 17.9. The summed E-state index contributed by atoms with van der Waals surface area (Å²) in [5, 5.41) is 1.32. The van der Waals surface area contributed by atoms with Crippen molar-refractivity contribution in [1.82, 2.24) is 4.98 Å². The second-order valence-corrected chi connectivity index (χ2v) is 5.63. The average molecular weight is 228 g/mol. The van der Waals surface area contributed by atoms with Gasteiger partial charge in [0.05, 0.1) is 0 Å². The molecular weight excluding hydrogens is 208 g/mol. The number of aromatic amines is 1. The van der Waals surface area contributed by atoms with Crippen LogP contribution in [0.4, 0.5) is 0 Å². The summed E-state index contributed by atoms with van der Waals surface area (Å²) < 4.78 is 0. The van der Waals surface area contributed by atoms with Crippen LogP contribution in [0.2, 0.25) is 0 Å². The molecule has 1 fully saturated rings. The highest BCUT2D eigenvalue weighted by Gasteiger charge is 2.44. The summed E-state index contributed by atoms with van der Waals surface area (Å²) in [6.45, 7) is 5.24. The molecule has 0 spiro atoms. The lowest BCUT2D eigenvalue weighted by Crippen LogP contribution is -2.19. The van der Waals surface area contributed by atoms with Crippen molar-refractivity contribution in [2.75, 3.05) is 6.54 Å². The first-order valence-corrected chi connectivity index (χ1v) is 6.48. The number of hydrogen-bond acceptors (Lipinski definition) is 1. The Morgan fingerprint density at radius 2 is 2.12 bits per heavy atom. The van der Waals surface area contributed by atoms with E-state index in [1.165, 1.54) is 35.0 Å². The molecule has 0 unspecified atom stereocenters. The Kier molecular flexibility index (Phi) is 2.30. The van der Waals surface area contributed by atoms with Crippen molar-refractivity contribution < 1.29 is 0 Å². The summed E-state index contributed by atoms with van der Waals surface area (Å²) in [5.41, 5.74) is 10.2. The quantitative estimate of drug-likeness (QED) is 0.831. The molecule has 1 saturated carbocycles. The molecule has 0 atom stereocenters. The first kappa shape index (κ1) is 10.8. The Balaban J connectivity index is 2.16. The van der Waals surface area contributed by atoms with E-state index >= 15 is 0 Å². The number of fused-ring (bicyclic) bond motifs is 1. The summed E-state index contributed by atoms with van der Waals surface area (Å²) in [7, 11) is 0. The van der Waals surface area contributed by atoms with E-state index < -0.39 is 0 Å². The maximum absolute atomic E-state index is 5.90. The van der Waals surface area contributed by atoms with E-state index in [2.05, 4.69) is 43.1 Å². The molecule has 90 valence electrons. The molecule has 0 radical (unpaired) electrons. The minimum atomic E-state index is 0.257. The molecule has 1 aromatic heterocycles. The Morgan fingerprint density at radius 3 is 2.71 bits per heavy atom. The van der Waals surface area contributed by atoms with Gasteiger partial charge in [-0.1, -0.05) is 32.0 Å². The van der Waals surface area contributed by atoms with Gasteiger partial charge in [-0.05, 0) is 35.8 Å². The number of nitrogens with one attached hydrogen (secondary N) is 1. The number of nitrogens with two attached hydrogens (primary N) is 1. The molecule has 1 aromatic carbocycles. The summed E-state index contributed by atoms with van der Waals surface area (Å²) in [6, 6.07) is 8.85. The molecule has 2 heteroatoms. The van der Waals surface area contributed by atoms with Crippen LogP contribution in [0.1, 0.15) is 43.9 Å². The van der Waals surface area contributed by atoms with E-state index in [-0.39, 0.29) is 5.41 Å². The Morgan fingerprint density at radius 1 is 1.35 bits per heavy atom. The zero-order chi connectivity index (χ0) is 12.0. The topological polar surface area (TPSA) is 41.8 Å². The van der Waals surface area contributed by atoms with Gasteiger partial charge in [-0.3, -0.25) is 0 Å². The highest BCUT2D eigenvalue weighted by molar-refractivity contribution is 5.84. The van der Waals surface area contributed by atoms with E-state index in [1.807, 2.05) is 0 Å². The molecule has 1 aliphatic carbocycles. The third-order valence-corrected chi connectivity index (χ3v) is 4.13. The number of rotatable bonds is 3. The number of H-pyrrole nitrogens is 1. The van der Waals surface area contributed by atoms with Crippen molar-refractivity contribution in [3.63, 3.8) is 0 Å². The van der Waals surface area contributed by atoms with E-state index in [9.17, 15) is 0 Å². The Hall–Kier alpha value is -1.28. The molecule has 1 aliphatic rings. The second kappa shape index (κ2) is 3.61. The summed E-state index contributed by atoms with van der Waals surface area (Å²) in [6.07, 6.45) is 2.46. The van der Waals surface area contributed by atoms with Gasteiger partial charge in [0, 0.05) is 23.2 Å². The second-order valence-electron chi connectivity index (χ2n) is 5.63. The van der Waals surface area contributed by atoms with Crippen LogP contribution in [0.3, 0.4) is 0 Å². The molecule has 2 nitrogen and oxygen atoms in total. The van der Waals surface area contributed by atoms with Crippen LogP contribution in [0.25, 0.3) is 10.9 Å². The van der Waals surface area contributed by atoms with Crippen molar-refractivity contribution in [2.24, 2.45) is 5.73 Å². The van der Waals surface area contributed by atoms with E-state index in [1.54, 1.807) is 0 Å². The standard InChI is InChI=1S/C15H20N2/c1-10(2)12-5-3-4-11-8-13(17-14(11)12)15(9-16)6-7-15/h3-5,8,10,17H,6-7,9,16H2,1-2H3. The molecule has 0 amide bonds. The van der Waals surface area contributed by atoms with Crippen molar-refractivity contribution in [3.8, 4) is 0 Å². The maximum Gasteiger partial charge on any atom is 0.0491 e. The van der Waals surface area contributed by atoms with Crippen LogP contribution >= 0.6 is 0 Å². The van der Waals surface area contributed by atoms with E-state index in [0.29, 0.717) is 5.92 Å². The third kappa shape index (κ3) is 1.59. The first-order valence-electron chi connectivity index (χ1n) is 6.48. The Bertz CT molecular complexity index is 547. The van der Waals surface area contributed by atoms with Crippen LogP contribution in [-0.4, -0.2) is 11.5 Å². The number of aromatic nitrogens is 1. The Labute approximate surface area is 102 Å². The maximum atomic E-state index is 5.90. The highest BCUT2D eigenvalue weighted by Crippen LogP contribution is 2.47. The van der Waals surface area contributed by atoms with Gasteiger partial charge in [-0.15, -0.1) is 0 Å². The lowest BCUT2D eigenvalue weighted by molar-refractivity contribution is 0.685. The number of benzene rings is 1. The molecule has 0 aliphatic heterocycles. The van der Waals surface area contributed by atoms with Gasteiger partial charge >= 0.3 is 0 Å². The molecule has 2 aromatic rings. The van der Waals surface area contributed by atoms with Gasteiger partial charge in [0.25, 0.3) is 0 Å². The molecule has 3 N–H and O–H groups in total. The first-order chi connectivity index (χ1) is 8.16. The fraction of sp³-hybridized carbons (Fsp3) is 0.467. The van der Waals surface area contributed by atoms with Crippen molar-refractivity contribution in [2.45, 2.75) is 38.0 Å². The zero-order valence-corrected chi connectivity index (χ0v) is 10.6. The monoisotopic (exact) mass is 228 g/mol. The third-order valence-electron chi connectivity index (χ3n) is 4.13. The minimum absolute atomic E-state index is 0.257. The summed E-state index contributed by atoms with van der Waals surface area (Å²) in [5.74, 6) is 0.554. The van der Waals surface area contributed by atoms with E-state index in [0.717, 1.165) is 6.54 Å². The van der Waals surface area contributed by atoms with Crippen LogP contribution < -0.4 is 5.73 Å². The van der Waals surface area contributed by atoms with Gasteiger partial charge < -0.3 is 10.7 Å². The minimum Gasteiger partial charge on any atom is -0.358 e. The number of para-hydroxylation sites is 1. The molecule has 17 heavy (non-hydrogen) atoms. The molecule has 3 rings (SSSR count). The zero-order valence-electron chi connectivity index (χ0n) is 10.6. The van der Waals surface area contributed by atoms with Crippen molar-refractivity contribution >= 4 is 10.9 Å². The van der Waals surface area contributed by atoms with Gasteiger partial charge in [0.1, 0.15) is 0 Å². The van der Waals surface area contributed by atoms with Crippen LogP contribution in [0, 0.1) is 0 Å². The largest absolute Gasteiger partial charge is 0.358 e. The van der Waals surface area contributed by atoms with Crippen molar-refractivity contribution in [1.29, 1.82) is 0 Å².